The summed E-state index contributed by atoms with van der Waals surface area (Å²) < 4.78 is 7.39. The second kappa shape index (κ2) is 6.37. The second-order valence-electron chi connectivity index (χ2n) is 7.90. The highest BCUT2D eigenvalue weighted by Gasteiger charge is 2.32. The number of carbonyl (C=O) groups is 1. The summed E-state index contributed by atoms with van der Waals surface area (Å²) in [4.78, 5) is 13.9. The molecule has 0 unspecified atom stereocenters. The Morgan fingerprint density at radius 3 is 2.75 bits per heavy atom. The highest BCUT2D eigenvalue weighted by Crippen LogP contribution is 2.24. The topological polar surface area (TPSA) is 79.6 Å². The minimum absolute atomic E-state index is 0.284. The summed E-state index contributed by atoms with van der Waals surface area (Å²) in [7, 11) is 0. The Kier molecular flexibility index (Phi) is 4.57. The third-order valence-electron chi connectivity index (χ3n) is 4.54. The van der Waals surface area contributed by atoms with E-state index in [1.807, 2.05) is 31.5 Å². The van der Waals surface area contributed by atoms with Crippen molar-refractivity contribution in [1.29, 1.82) is 0 Å². The van der Waals surface area contributed by atoms with Crippen molar-refractivity contribution in [2.45, 2.75) is 64.3 Å². The van der Waals surface area contributed by atoms with Gasteiger partial charge in [-0.15, -0.1) is 0 Å². The van der Waals surface area contributed by atoms with Crippen molar-refractivity contribution in [2.75, 3.05) is 19.6 Å². The predicted molar refractivity (Wildman–Crippen MR) is 89.6 cm³/mol. The van der Waals surface area contributed by atoms with E-state index >= 15 is 0 Å². The lowest BCUT2D eigenvalue weighted by molar-refractivity contribution is 0.00990. The van der Waals surface area contributed by atoms with Gasteiger partial charge >= 0.3 is 6.09 Å². The van der Waals surface area contributed by atoms with Gasteiger partial charge in [0.05, 0.1) is 30.1 Å². The van der Waals surface area contributed by atoms with Crippen molar-refractivity contribution in [3.8, 4) is 0 Å². The Bertz CT molecular complexity index is 599. The number of nitrogens with one attached hydrogen (secondary N) is 1. The van der Waals surface area contributed by atoms with Crippen LogP contribution in [0, 0.1) is 0 Å². The molecule has 7 nitrogen and oxygen atoms in total. The van der Waals surface area contributed by atoms with E-state index in [1.165, 1.54) is 0 Å². The maximum Gasteiger partial charge on any atom is 0.410 e. The standard InChI is InChI=1S/C17H28N4O3/c1-16(2,3)24-15(22)20-8-9-21-14(12-20)10-13(19-21)11-17(23)4-6-18-7-5-17/h10,18,23H,4-9,11-12H2,1-3H3. The van der Waals surface area contributed by atoms with Gasteiger partial charge in [-0.25, -0.2) is 4.79 Å². The van der Waals surface area contributed by atoms with Gasteiger partial charge in [-0.2, -0.15) is 5.10 Å². The van der Waals surface area contributed by atoms with E-state index in [1.54, 1.807) is 4.90 Å². The molecule has 2 aliphatic heterocycles. The Morgan fingerprint density at radius 2 is 2.08 bits per heavy atom. The number of rotatable bonds is 2. The molecule has 1 aromatic heterocycles. The Balaban J connectivity index is 1.65. The summed E-state index contributed by atoms with van der Waals surface area (Å²) in [5.74, 6) is 0. The van der Waals surface area contributed by atoms with Gasteiger partial charge in [0, 0.05) is 13.0 Å². The fourth-order valence-corrected chi connectivity index (χ4v) is 3.30. The van der Waals surface area contributed by atoms with Crippen LogP contribution in [0.15, 0.2) is 6.07 Å². The lowest BCUT2D eigenvalue weighted by Gasteiger charge is -2.31. The number of amides is 1. The van der Waals surface area contributed by atoms with Crippen LogP contribution >= 0.6 is 0 Å². The number of aliphatic hydroxyl groups is 1. The minimum atomic E-state index is -0.666. The first-order valence-corrected chi connectivity index (χ1v) is 8.71. The third-order valence-corrected chi connectivity index (χ3v) is 4.54. The van der Waals surface area contributed by atoms with Crippen LogP contribution in [0.5, 0.6) is 0 Å². The largest absolute Gasteiger partial charge is 0.444 e. The fraction of sp³-hybridized carbons (Fsp3) is 0.765. The summed E-state index contributed by atoms with van der Waals surface area (Å²) in [6.45, 7) is 9.06. The van der Waals surface area contributed by atoms with Gasteiger partial charge in [-0.1, -0.05) is 0 Å². The molecule has 1 fully saturated rings. The van der Waals surface area contributed by atoms with Crippen molar-refractivity contribution >= 4 is 6.09 Å². The van der Waals surface area contributed by atoms with Gasteiger partial charge in [0.2, 0.25) is 0 Å². The molecule has 1 saturated heterocycles. The average Bonchev–Trinajstić information content (AvgIpc) is 2.86. The van der Waals surface area contributed by atoms with Crippen LogP contribution in [-0.4, -0.2) is 56.7 Å². The number of hydrogen-bond acceptors (Lipinski definition) is 5. The van der Waals surface area contributed by atoms with Crippen LogP contribution in [0.4, 0.5) is 4.79 Å². The number of ether oxygens (including phenoxy) is 1. The molecule has 2 aliphatic rings. The molecule has 0 saturated carbocycles. The van der Waals surface area contributed by atoms with E-state index in [0.29, 0.717) is 26.1 Å². The van der Waals surface area contributed by atoms with Crippen molar-refractivity contribution < 1.29 is 14.6 Å². The van der Waals surface area contributed by atoms with E-state index in [0.717, 1.165) is 37.3 Å². The van der Waals surface area contributed by atoms with Crippen LogP contribution in [0.2, 0.25) is 0 Å². The molecule has 0 aromatic carbocycles. The molecule has 7 heteroatoms. The van der Waals surface area contributed by atoms with Gasteiger partial charge in [-0.05, 0) is 52.8 Å². The SMILES string of the molecule is CC(C)(C)OC(=O)N1CCn2nc(CC3(O)CCNCC3)cc2C1. The van der Waals surface area contributed by atoms with E-state index in [2.05, 4.69) is 10.4 Å². The molecule has 1 aromatic rings. The third kappa shape index (κ3) is 4.08. The van der Waals surface area contributed by atoms with Crippen LogP contribution in [-0.2, 0) is 24.2 Å². The Morgan fingerprint density at radius 1 is 1.38 bits per heavy atom. The van der Waals surface area contributed by atoms with Crippen molar-refractivity contribution in [3.63, 3.8) is 0 Å². The molecule has 134 valence electrons. The molecule has 24 heavy (non-hydrogen) atoms. The summed E-state index contributed by atoms with van der Waals surface area (Å²) in [6, 6.07) is 2.01. The first kappa shape index (κ1) is 17.2. The van der Waals surface area contributed by atoms with Gasteiger partial charge in [0.1, 0.15) is 5.60 Å². The summed E-state index contributed by atoms with van der Waals surface area (Å²) >= 11 is 0. The maximum atomic E-state index is 12.2. The molecule has 1 amide bonds. The molecule has 0 bridgehead atoms. The molecule has 0 radical (unpaired) electrons. The molecule has 2 N–H and O–H groups in total. The highest BCUT2D eigenvalue weighted by molar-refractivity contribution is 5.68. The van der Waals surface area contributed by atoms with Crippen molar-refractivity contribution in [1.82, 2.24) is 20.0 Å². The number of hydrogen-bond donors (Lipinski definition) is 2. The normalized spacial score (nSPS) is 20.6. The smallest absolute Gasteiger partial charge is 0.410 e. The van der Waals surface area contributed by atoms with Crippen LogP contribution in [0.25, 0.3) is 0 Å². The molecule has 3 heterocycles. The predicted octanol–water partition coefficient (Wildman–Crippen LogP) is 1.29. The molecule has 0 spiro atoms. The quantitative estimate of drug-likeness (QED) is 0.851. The number of piperidine rings is 1. The highest BCUT2D eigenvalue weighted by atomic mass is 16.6. The van der Waals surface area contributed by atoms with E-state index in [4.69, 9.17) is 4.74 Å². The zero-order valence-electron chi connectivity index (χ0n) is 14.8. The molecular formula is C17H28N4O3. The number of fused-ring (bicyclic) bond motifs is 1. The maximum absolute atomic E-state index is 12.2. The summed E-state index contributed by atoms with van der Waals surface area (Å²) in [5, 5.41) is 18.6. The second-order valence-corrected chi connectivity index (χ2v) is 7.90. The van der Waals surface area contributed by atoms with Crippen LogP contribution in [0.3, 0.4) is 0 Å². The van der Waals surface area contributed by atoms with Crippen LogP contribution < -0.4 is 5.32 Å². The van der Waals surface area contributed by atoms with Gasteiger partial charge < -0.3 is 20.1 Å². The minimum Gasteiger partial charge on any atom is -0.444 e. The number of aromatic nitrogens is 2. The zero-order valence-corrected chi connectivity index (χ0v) is 14.8. The van der Waals surface area contributed by atoms with Crippen molar-refractivity contribution in [3.05, 3.63) is 17.5 Å². The Hall–Kier alpha value is -1.60. The number of nitrogens with zero attached hydrogens (tertiary/aromatic N) is 3. The van der Waals surface area contributed by atoms with Gasteiger partial charge in [0.25, 0.3) is 0 Å². The Labute approximate surface area is 143 Å². The van der Waals surface area contributed by atoms with E-state index in [9.17, 15) is 9.90 Å². The molecule has 0 atom stereocenters. The molecule has 3 rings (SSSR count). The van der Waals surface area contributed by atoms with E-state index in [-0.39, 0.29) is 6.09 Å². The lowest BCUT2D eigenvalue weighted by Crippen LogP contribution is -2.43. The molecular weight excluding hydrogens is 308 g/mol. The monoisotopic (exact) mass is 336 g/mol. The number of carbonyl (C=O) groups excluding carboxylic acids is 1. The molecule has 0 aliphatic carbocycles. The summed E-state index contributed by atoms with van der Waals surface area (Å²) in [5.41, 5.74) is 0.749. The van der Waals surface area contributed by atoms with E-state index < -0.39 is 11.2 Å². The first-order valence-electron chi connectivity index (χ1n) is 8.71. The van der Waals surface area contributed by atoms with Crippen molar-refractivity contribution in [2.24, 2.45) is 0 Å². The lowest BCUT2D eigenvalue weighted by atomic mass is 9.88. The fourth-order valence-electron chi connectivity index (χ4n) is 3.30. The first-order chi connectivity index (χ1) is 11.2. The van der Waals surface area contributed by atoms with Gasteiger partial charge in [0.15, 0.2) is 0 Å². The zero-order chi connectivity index (χ0) is 17.4. The summed E-state index contributed by atoms with van der Waals surface area (Å²) in [6.07, 6.45) is 1.79. The average molecular weight is 336 g/mol. The van der Waals surface area contributed by atoms with Gasteiger partial charge in [-0.3, -0.25) is 4.68 Å². The van der Waals surface area contributed by atoms with Crippen LogP contribution in [0.1, 0.15) is 45.0 Å².